The van der Waals surface area contributed by atoms with E-state index in [-0.39, 0.29) is 23.9 Å². The fourth-order valence-corrected chi connectivity index (χ4v) is 4.90. The van der Waals surface area contributed by atoms with E-state index in [2.05, 4.69) is 44.4 Å². The number of carbonyl (C=O) groups excluding carboxylic acids is 2. The monoisotopic (exact) mass is 469 g/mol. The second-order valence-corrected chi connectivity index (χ2v) is 9.62. The van der Waals surface area contributed by atoms with Crippen LogP contribution < -0.4 is 16.0 Å². The van der Waals surface area contributed by atoms with E-state index in [1.54, 1.807) is 6.20 Å². The third kappa shape index (κ3) is 6.29. The van der Waals surface area contributed by atoms with Gasteiger partial charge in [0.1, 0.15) is 16.5 Å². The van der Waals surface area contributed by atoms with E-state index in [0.717, 1.165) is 51.1 Å². The normalized spacial score (nSPS) is 19.7. The van der Waals surface area contributed by atoms with Crippen LogP contribution in [0.25, 0.3) is 0 Å². The van der Waals surface area contributed by atoms with E-state index in [1.165, 1.54) is 17.4 Å². The van der Waals surface area contributed by atoms with Crippen LogP contribution in [-0.4, -0.2) is 76.9 Å². The van der Waals surface area contributed by atoms with Crippen molar-refractivity contribution in [1.29, 1.82) is 0 Å². The summed E-state index contributed by atoms with van der Waals surface area (Å²) >= 11 is 1.31. The summed E-state index contributed by atoms with van der Waals surface area (Å²) in [5, 5.41) is 10.4. The zero-order valence-corrected chi connectivity index (χ0v) is 19.7. The number of amides is 2. The highest BCUT2D eigenvalue weighted by molar-refractivity contribution is 7.17. The van der Waals surface area contributed by atoms with Crippen LogP contribution in [-0.2, 0) is 4.79 Å². The van der Waals surface area contributed by atoms with Gasteiger partial charge in [0.15, 0.2) is 5.13 Å². The Morgan fingerprint density at radius 2 is 1.94 bits per heavy atom. The molecule has 4 heterocycles. The van der Waals surface area contributed by atoms with Crippen molar-refractivity contribution < 1.29 is 9.59 Å². The molecular weight excluding hydrogens is 438 g/mol. The number of hydrogen-bond acceptors (Lipinski definition) is 8. The van der Waals surface area contributed by atoms with Gasteiger partial charge in [-0.05, 0) is 64.0 Å². The topological polar surface area (TPSA) is 102 Å². The molecule has 0 radical (unpaired) electrons. The number of nitrogens with one attached hydrogen (secondary N) is 3. The van der Waals surface area contributed by atoms with Crippen molar-refractivity contribution in [2.45, 2.75) is 37.8 Å². The zero-order valence-electron chi connectivity index (χ0n) is 18.9. The molecule has 3 N–H and O–H groups in total. The van der Waals surface area contributed by atoms with Crippen LogP contribution in [0.15, 0.2) is 37.1 Å². The van der Waals surface area contributed by atoms with E-state index in [9.17, 15) is 9.59 Å². The van der Waals surface area contributed by atoms with Crippen molar-refractivity contribution in [3.63, 3.8) is 0 Å². The molecule has 10 heteroatoms. The minimum absolute atomic E-state index is 0.0377. The van der Waals surface area contributed by atoms with Gasteiger partial charge in [0, 0.05) is 25.2 Å². The van der Waals surface area contributed by atoms with Crippen molar-refractivity contribution in [1.82, 2.24) is 25.1 Å². The van der Waals surface area contributed by atoms with Crippen LogP contribution in [0.3, 0.4) is 0 Å². The summed E-state index contributed by atoms with van der Waals surface area (Å²) in [5.74, 6) is 1.26. The maximum absolute atomic E-state index is 12.6. The Hall–Kier alpha value is -2.98. The zero-order chi connectivity index (χ0) is 23.2. The van der Waals surface area contributed by atoms with Gasteiger partial charge in [-0.2, -0.15) is 0 Å². The highest BCUT2D eigenvalue weighted by atomic mass is 32.1. The Labute approximate surface area is 198 Å². The largest absolute Gasteiger partial charge is 0.365 e. The summed E-state index contributed by atoms with van der Waals surface area (Å²) in [6, 6.07) is 6.03. The van der Waals surface area contributed by atoms with E-state index in [1.807, 2.05) is 23.1 Å². The van der Waals surface area contributed by atoms with Gasteiger partial charge < -0.3 is 25.8 Å². The lowest BCUT2D eigenvalue weighted by Crippen LogP contribution is -2.44. The molecule has 0 aliphatic carbocycles. The molecule has 2 aliphatic rings. The molecule has 2 aliphatic heterocycles. The molecule has 9 nitrogen and oxygen atoms in total. The molecule has 0 aromatic carbocycles. The van der Waals surface area contributed by atoms with Gasteiger partial charge in [-0.1, -0.05) is 24.0 Å². The molecule has 2 aromatic rings. The van der Waals surface area contributed by atoms with Crippen LogP contribution in [0.2, 0.25) is 0 Å². The predicted molar refractivity (Wildman–Crippen MR) is 131 cm³/mol. The highest BCUT2D eigenvalue weighted by Gasteiger charge is 2.23. The van der Waals surface area contributed by atoms with Crippen molar-refractivity contribution in [2.75, 3.05) is 43.9 Å². The minimum atomic E-state index is -0.0746. The fourth-order valence-electron chi connectivity index (χ4n) is 4.17. The Kier molecular flexibility index (Phi) is 7.56. The summed E-state index contributed by atoms with van der Waals surface area (Å²) in [6.45, 7) is 6.97. The van der Waals surface area contributed by atoms with Gasteiger partial charge >= 0.3 is 0 Å². The summed E-state index contributed by atoms with van der Waals surface area (Å²) < 4.78 is 0. The summed E-state index contributed by atoms with van der Waals surface area (Å²) in [7, 11) is 2.10. The molecule has 2 amide bonds. The number of likely N-dealkylation sites (tertiary alicyclic amines) is 2. The smallest absolute Gasteiger partial charge is 0.263 e. The minimum Gasteiger partial charge on any atom is -0.365 e. The maximum atomic E-state index is 12.6. The molecule has 2 fully saturated rings. The van der Waals surface area contributed by atoms with Gasteiger partial charge in [-0.25, -0.2) is 9.97 Å². The van der Waals surface area contributed by atoms with Gasteiger partial charge in [-0.3, -0.25) is 9.59 Å². The van der Waals surface area contributed by atoms with E-state index in [4.69, 9.17) is 0 Å². The predicted octanol–water partition coefficient (Wildman–Crippen LogP) is 2.69. The molecule has 2 aromatic heterocycles. The summed E-state index contributed by atoms with van der Waals surface area (Å²) in [4.78, 5) is 38.1. The number of piperidine rings is 2. The summed E-state index contributed by atoms with van der Waals surface area (Å²) in [6.07, 6.45) is 6.82. The summed E-state index contributed by atoms with van der Waals surface area (Å²) in [5.41, 5.74) is 0. The van der Waals surface area contributed by atoms with Crippen molar-refractivity contribution in [2.24, 2.45) is 0 Å². The number of aromatic nitrogens is 2. The van der Waals surface area contributed by atoms with Crippen LogP contribution >= 0.6 is 11.3 Å². The Morgan fingerprint density at radius 3 is 2.73 bits per heavy atom. The quantitative estimate of drug-likeness (QED) is 0.536. The number of carbonyl (C=O) groups is 2. The molecule has 2 saturated heterocycles. The molecule has 0 saturated carbocycles. The lowest BCUT2D eigenvalue weighted by Gasteiger charge is -2.32. The number of rotatable bonds is 7. The molecule has 4 rings (SSSR count). The first-order chi connectivity index (χ1) is 16.0. The number of pyridine rings is 1. The number of nitrogens with zero attached hydrogens (tertiary/aromatic N) is 4. The average Bonchev–Trinajstić information content (AvgIpc) is 3.29. The van der Waals surface area contributed by atoms with Crippen LogP contribution in [0, 0.1) is 0 Å². The first kappa shape index (κ1) is 23.2. The van der Waals surface area contributed by atoms with E-state index in [0.29, 0.717) is 22.4 Å². The molecular formula is C23H31N7O2S. The van der Waals surface area contributed by atoms with Gasteiger partial charge in [0.05, 0.1) is 6.20 Å². The highest BCUT2D eigenvalue weighted by Crippen LogP contribution is 2.23. The second kappa shape index (κ2) is 10.8. The number of anilines is 3. The van der Waals surface area contributed by atoms with Crippen molar-refractivity contribution in [3.05, 3.63) is 41.9 Å². The van der Waals surface area contributed by atoms with E-state index < -0.39 is 0 Å². The third-order valence-corrected chi connectivity index (χ3v) is 6.94. The molecule has 0 unspecified atom stereocenters. The Morgan fingerprint density at radius 1 is 1.15 bits per heavy atom. The van der Waals surface area contributed by atoms with Gasteiger partial charge in [-0.15, -0.1) is 0 Å². The molecule has 1 atom stereocenters. The second-order valence-electron chi connectivity index (χ2n) is 8.59. The third-order valence-electron chi connectivity index (χ3n) is 6.03. The van der Waals surface area contributed by atoms with Gasteiger partial charge in [0.2, 0.25) is 5.91 Å². The number of hydrogen-bond donors (Lipinski definition) is 3. The standard InChI is InChI=1S/C23H31N7O2S/c1-3-21(31)30-11-5-6-17(15-30)25-19-7-4-8-20(27-19)28-23-24-14-18(33-23)22(32)26-16-9-12-29(2)13-10-16/h3-4,7-8,14,16-17H,1,5-6,9-13,15H2,2H3,(H,26,32)(H2,24,25,27,28)/t17-/m0/s1. The first-order valence-electron chi connectivity index (χ1n) is 11.4. The first-order valence-corrected chi connectivity index (χ1v) is 12.2. The van der Waals surface area contributed by atoms with Crippen LogP contribution in [0.1, 0.15) is 35.4 Å². The van der Waals surface area contributed by atoms with Gasteiger partial charge in [0.25, 0.3) is 5.91 Å². The lowest BCUT2D eigenvalue weighted by atomic mass is 10.1. The maximum Gasteiger partial charge on any atom is 0.263 e. The van der Waals surface area contributed by atoms with Crippen molar-refractivity contribution in [3.8, 4) is 0 Å². The molecule has 0 bridgehead atoms. The fraction of sp³-hybridized carbons (Fsp3) is 0.478. The molecule has 0 spiro atoms. The molecule has 176 valence electrons. The van der Waals surface area contributed by atoms with Crippen molar-refractivity contribution >= 4 is 39.9 Å². The van der Waals surface area contributed by atoms with Crippen LogP contribution in [0.4, 0.5) is 16.8 Å². The SMILES string of the molecule is C=CC(=O)N1CCC[C@H](Nc2cccc(Nc3ncc(C(=O)NC4CCN(C)CC4)s3)n2)C1. The lowest BCUT2D eigenvalue weighted by molar-refractivity contribution is -0.127. The van der Waals surface area contributed by atoms with Crippen LogP contribution in [0.5, 0.6) is 0 Å². The Bertz CT molecular complexity index is 987. The molecule has 33 heavy (non-hydrogen) atoms. The average molecular weight is 470 g/mol. The van der Waals surface area contributed by atoms with E-state index >= 15 is 0 Å². The number of thiazole rings is 1. The Balaban J connectivity index is 1.32.